The Morgan fingerprint density at radius 3 is 2.42 bits per heavy atom. The maximum atomic E-state index is 14.3. The van der Waals surface area contributed by atoms with E-state index in [1.54, 1.807) is 6.07 Å². The normalized spacial score (nSPS) is 17.4. The van der Waals surface area contributed by atoms with Crippen LogP contribution in [-0.2, 0) is 4.79 Å². The van der Waals surface area contributed by atoms with Crippen molar-refractivity contribution in [1.29, 1.82) is 0 Å². The number of benzene rings is 2. The van der Waals surface area contributed by atoms with Crippen LogP contribution in [0.15, 0.2) is 76.4 Å². The molecule has 7 nitrogen and oxygen atoms in total. The standard InChI is InChI=1S/C32H35FN4O3/c1-35(2)17-7-12-28(38)18-22-13-15-26(16-14-22)37-31(39)29-20-25(33)21-34-30(29)36(32(37)40)27-11-6-10-24(19-27)23-8-4-3-5-9-23/h3-6,8-11,19-22,26H,7,12-18H2,1-2H3. The number of Topliss-reactive ketones (excluding diaryl/α,β-unsaturated/α-hetero) is 1. The molecule has 8 heteroatoms. The largest absolute Gasteiger partial charge is 0.337 e. The summed E-state index contributed by atoms with van der Waals surface area (Å²) in [4.78, 5) is 46.3. The van der Waals surface area contributed by atoms with Crippen molar-refractivity contribution >= 4 is 16.8 Å². The summed E-state index contributed by atoms with van der Waals surface area (Å²) in [7, 11) is 4.00. The highest BCUT2D eigenvalue weighted by atomic mass is 19.1. The molecular formula is C32H35FN4O3. The van der Waals surface area contributed by atoms with Gasteiger partial charge in [-0.25, -0.2) is 18.7 Å². The number of halogens is 1. The van der Waals surface area contributed by atoms with E-state index in [4.69, 9.17) is 0 Å². The van der Waals surface area contributed by atoms with Crippen LogP contribution in [-0.4, -0.2) is 45.4 Å². The van der Waals surface area contributed by atoms with Crippen LogP contribution >= 0.6 is 0 Å². The van der Waals surface area contributed by atoms with Gasteiger partial charge in [0.25, 0.3) is 5.56 Å². The van der Waals surface area contributed by atoms with Gasteiger partial charge in [-0.2, -0.15) is 0 Å². The first kappa shape index (κ1) is 27.6. The van der Waals surface area contributed by atoms with E-state index in [-0.39, 0.29) is 28.8 Å². The molecule has 0 amide bonds. The molecule has 0 aliphatic heterocycles. The van der Waals surface area contributed by atoms with Gasteiger partial charge in [-0.05, 0) is 88.0 Å². The van der Waals surface area contributed by atoms with Crippen LogP contribution in [0.2, 0.25) is 0 Å². The fourth-order valence-electron chi connectivity index (χ4n) is 5.82. The van der Waals surface area contributed by atoms with Crippen molar-refractivity contribution in [2.75, 3.05) is 20.6 Å². The van der Waals surface area contributed by atoms with Crippen molar-refractivity contribution < 1.29 is 9.18 Å². The van der Waals surface area contributed by atoms with E-state index in [2.05, 4.69) is 9.88 Å². The Morgan fingerprint density at radius 2 is 1.70 bits per heavy atom. The number of pyridine rings is 1. The summed E-state index contributed by atoms with van der Waals surface area (Å²) < 4.78 is 17.0. The lowest BCUT2D eigenvalue weighted by Crippen LogP contribution is -2.43. The number of carbonyl (C=O) groups is 1. The first-order chi connectivity index (χ1) is 19.3. The Morgan fingerprint density at radius 1 is 0.975 bits per heavy atom. The Hall–Kier alpha value is -3.91. The zero-order valence-electron chi connectivity index (χ0n) is 23.1. The highest BCUT2D eigenvalue weighted by Gasteiger charge is 2.28. The monoisotopic (exact) mass is 542 g/mol. The first-order valence-electron chi connectivity index (χ1n) is 14.0. The molecule has 2 aromatic heterocycles. The van der Waals surface area contributed by atoms with Crippen LogP contribution in [0.3, 0.4) is 0 Å². The molecule has 1 aliphatic rings. The minimum absolute atomic E-state index is 0.0721. The number of aromatic nitrogens is 3. The van der Waals surface area contributed by atoms with Crippen molar-refractivity contribution in [2.24, 2.45) is 5.92 Å². The average Bonchev–Trinajstić information content (AvgIpc) is 2.95. The minimum atomic E-state index is -0.629. The molecule has 2 heterocycles. The second-order valence-electron chi connectivity index (χ2n) is 11.1. The molecule has 0 radical (unpaired) electrons. The van der Waals surface area contributed by atoms with Crippen LogP contribution in [0.1, 0.15) is 51.0 Å². The maximum absolute atomic E-state index is 14.3. The Bertz CT molecular complexity index is 1620. The number of rotatable bonds is 9. The minimum Gasteiger partial charge on any atom is -0.309 e. The molecule has 2 aromatic carbocycles. The SMILES string of the molecule is CN(C)CCCC(=O)CC1CCC(n2c(=O)c3cc(F)cnc3n(-c3cccc(-c4ccccc4)c3)c2=O)CC1. The first-order valence-corrected chi connectivity index (χ1v) is 14.0. The predicted molar refractivity (Wildman–Crippen MR) is 155 cm³/mol. The van der Waals surface area contributed by atoms with Gasteiger partial charge in [0.1, 0.15) is 11.6 Å². The molecule has 0 N–H and O–H groups in total. The fourth-order valence-corrected chi connectivity index (χ4v) is 5.82. The Balaban J connectivity index is 1.47. The summed E-state index contributed by atoms with van der Waals surface area (Å²) in [5, 5.41) is 0.0721. The zero-order valence-corrected chi connectivity index (χ0v) is 23.1. The quantitative estimate of drug-likeness (QED) is 0.284. The van der Waals surface area contributed by atoms with Crippen LogP contribution in [0, 0.1) is 11.7 Å². The van der Waals surface area contributed by atoms with Gasteiger partial charge in [0.15, 0.2) is 5.65 Å². The molecular weight excluding hydrogens is 507 g/mol. The number of hydrogen-bond donors (Lipinski definition) is 0. The van der Waals surface area contributed by atoms with Gasteiger partial charge in [0.05, 0.1) is 17.3 Å². The van der Waals surface area contributed by atoms with E-state index in [0.29, 0.717) is 31.4 Å². The van der Waals surface area contributed by atoms with Gasteiger partial charge < -0.3 is 4.90 Å². The van der Waals surface area contributed by atoms with Crippen molar-refractivity contribution in [1.82, 2.24) is 19.0 Å². The van der Waals surface area contributed by atoms with E-state index in [1.807, 2.05) is 62.6 Å². The van der Waals surface area contributed by atoms with E-state index in [1.165, 1.54) is 9.13 Å². The van der Waals surface area contributed by atoms with Crippen molar-refractivity contribution in [3.8, 4) is 16.8 Å². The van der Waals surface area contributed by atoms with Gasteiger partial charge in [-0.3, -0.25) is 14.2 Å². The molecule has 208 valence electrons. The molecule has 40 heavy (non-hydrogen) atoms. The van der Waals surface area contributed by atoms with Crippen LogP contribution in [0.4, 0.5) is 4.39 Å². The lowest BCUT2D eigenvalue weighted by Gasteiger charge is -2.29. The van der Waals surface area contributed by atoms with Crippen molar-refractivity contribution in [3.05, 3.63) is 93.5 Å². The summed E-state index contributed by atoms with van der Waals surface area (Å²) in [5.74, 6) is -0.102. The predicted octanol–water partition coefficient (Wildman–Crippen LogP) is 5.39. The number of ketones is 1. The third-order valence-corrected chi connectivity index (χ3v) is 7.86. The maximum Gasteiger partial charge on any atom is 0.337 e. The molecule has 1 fully saturated rings. The number of hydrogen-bond acceptors (Lipinski definition) is 5. The fraction of sp³-hybridized carbons (Fsp3) is 0.375. The summed E-state index contributed by atoms with van der Waals surface area (Å²) in [5.41, 5.74) is 1.59. The molecule has 5 rings (SSSR count). The van der Waals surface area contributed by atoms with Gasteiger partial charge in [0, 0.05) is 18.9 Å². The van der Waals surface area contributed by atoms with Gasteiger partial charge in [-0.1, -0.05) is 42.5 Å². The summed E-state index contributed by atoms with van der Waals surface area (Å²) in [6.45, 7) is 0.888. The zero-order chi connectivity index (χ0) is 28.2. The molecule has 0 unspecified atom stereocenters. The average molecular weight is 543 g/mol. The Labute approximate surface area is 232 Å². The highest BCUT2D eigenvalue weighted by molar-refractivity contribution is 5.78. The molecule has 0 bridgehead atoms. The second kappa shape index (κ2) is 12.1. The second-order valence-corrected chi connectivity index (χ2v) is 11.1. The molecule has 0 spiro atoms. The van der Waals surface area contributed by atoms with E-state index in [0.717, 1.165) is 49.2 Å². The highest BCUT2D eigenvalue weighted by Crippen LogP contribution is 2.33. The van der Waals surface area contributed by atoms with Crippen molar-refractivity contribution in [2.45, 2.75) is 51.0 Å². The van der Waals surface area contributed by atoms with Crippen molar-refractivity contribution in [3.63, 3.8) is 0 Å². The van der Waals surface area contributed by atoms with Crippen LogP contribution in [0.5, 0.6) is 0 Å². The molecule has 4 aromatic rings. The summed E-state index contributed by atoms with van der Waals surface area (Å²) in [6.07, 6.45) is 5.75. The van der Waals surface area contributed by atoms with E-state index >= 15 is 0 Å². The topological polar surface area (TPSA) is 77.2 Å². The summed E-state index contributed by atoms with van der Waals surface area (Å²) >= 11 is 0. The number of nitrogens with zero attached hydrogens (tertiary/aromatic N) is 4. The molecule has 0 atom stereocenters. The van der Waals surface area contributed by atoms with Gasteiger partial charge in [-0.15, -0.1) is 0 Å². The van der Waals surface area contributed by atoms with Crippen LogP contribution < -0.4 is 11.2 Å². The third kappa shape index (κ3) is 5.97. The smallest absolute Gasteiger partial charge is 0.309 e. The third-order valence-electron chi connectivity index (χ3n) is 7.86. The lowest BCUT2D eigenvalue weighted by molar-refractivity contribution is -0.120. The molecule has 0 saturated heterocycles. The summed E-state index contributed by atoms with van der Waals surface area (Å²) in [6, 6.07) is 18.1. The molecule has 1 aliphatic carbocycles. The lowest BCUT2D eigenvalue weighted by atomic mass is 9.82. The van der Waals surface area contributed by atoms with Gasteiger partial charge >= 0.3 is 5.69 Å². The number of fused-ring (bicyclic) bond motifs is 1. The Kier molecular flexibility index (Phi) is 8.35. The van der Waals surface area contributed by atoms with Crippen LogP contribution in [0.25, 0.3) is 27.8 Å². The van der Waals surface area contributed by atoms with E-state index < -0.39 is 17.1 Å². The number of carbonyl (C=O) groups excluding carboxylic acids is 1. The molecule has 1 saturated carbocycles. The van der Waals surface area contributed by atoms with Gasteiger partial charge in [0.2, 0.25) is 0 Å². The van der Waals surface area contributed by atoms with E-state index in [9.17, 15) is 18.8 Å².